The Labute approximate surface area is 113 Å². The monoisotopic (exact) mass is 259 g/mol. The van der Waals surface area contributed by atoms with Crippen LogP contribution in [-0.4, -0.2) is 7.11 Å². The molecule has 0 atom stereocenters. The number of aryl methyl sites for hydroxylation is 2. The molecule has 2 rings (SSSR count). The summed E-state index contributed by atoms with van der Waals surface area (Å²) in [6.07, 6.45) is 0. The average Bonchev–Trinajstić information content (AvgIpc) is 2.38. The molecule has 19 heavy (non-hydrogen) atoms. The Morgan fingerprint density at radius 3 is 2.53 bits per heavy atom. The van der Waals surface area contributed by atoms with Crippen molar-refractivity contribution in [3.05, 3.63) is 58.9 Å². The molecule has 2 aromatic rings. The number of hydrogen-bond donors (Lipinski definition) is 1. The van der Waals surface area contributed by atoms with Gasteiger partial charge in [-0.1, -0.05) is 23.8 Å². The van der Waals surface area contributed by atoms with Crippen LogP contribution in [0.1, 0.15) is 16.7 Å². The van der Waals surface area contributed by atoms with E-state index in [2.05, 4.69) is 31.3 Å². The fraction of sp³-hybridized carbons (Fsp3) is 0.250. The van der Waals surface area contributed by atoms with Crippen molar-refractivity contribution in [2.75, 3.05) is 12.4 Å². The zero-order valence-corrected chi connectivity index (χ0v) is 11.5. The molecule has 1 N–H and O–H groups in total. The van der Waals surface area contributed by atoms with Crippen LogP contribution in [0.25, 0.3) is 0 Å². The summed E-state index contributed by atoms with van der Waals surface area (Å²) in [6.45, 7) is 4.71. The van der Waals surface area contributed by atoms with Crippen LogP contribution in [0.4, 0.5) is 10.1 Å². The molecule has 0 radical (unpaired) electrons. The molecular formula is C16H18FNO. The molecule has 0 fully saturated rings. The van der Waals surface area contributed by atoms with Gasteiger partial charge in [0.25, 0.3) is 0 Å². The van der Waals surface area contributed by atoms with E-state index in [0.717, 1.165) is 11.3 Å². The molecule has 0 saturated heterocycles. The number of ether oxygens (including phenoxy) is 1. The molecule has 0 saturated carbocycles. The summed E-state index contributed by atoms with van der Waals surface area (Å²) in [4.78, 5) is 0. The summed E-state index contributed by atoms with van der Waals surface area (Å²) >= 11 is 0. The van der Waals surface area contributed by atoms with Gasteiger partial charge in [0.2, 0.25) is 0 Å². The van der Waals surface area contributed by atoms with E-state index in [4.69, 9.17) is 4.74 Å². The minimum absolute atomic E-state index is 0.273. The number of methoxy groups -OCH3 is 1. The lowest BCUT2D eigenvalue weighted by atomic mass is 10.1. The molecule has 100 valence electrons. The molecule has 0 aliphatic heterocycles. The van der Waals surface area contributed by atoms with Gasteiger partial charge in [0.15, 0.2) is 11.6 Å². The summed E-state index contributed by atoms with van der Waals surface area (Å²) in [5.41, 5.74) is 4.38. The molecule has 0 aliphatic carbocycles. The molecule has 2 aromatic carbocycles. The van der Waals surface area contributed by atoms with Gasteiger partial charge in [-0.15, -0.1) is 0 Å². The second-order valence-electron chi connectivity index (χ2n) is 4.64. The van der Waals surface area contributed by atoms with Crippen molar-refractivity contribution in [1.82, 2.24) is 0 Å². The highest BCUT2D eigenvalue weighted by Gasteiger charge is 2.04. The number of anilines is 1. The van der Waals surface area contributed by atoms with Crippen LogP contribution in [0.3, 0.4) is 0 Å². The fourth-order valence-electron chi connectivity index (χ4n) is 2.03. The number of benzene rings is 2. The Balaban J connectivity index is 2.08. The van der Waals surface area contributed by atoms with E-state index >= 15 is 0 Å². The SMILES string of the molecule is COc1ccc(CNc2ccc(C)cc2C)cc1F. The van der Waals surface area contributed by atoms with Gasteiger partial charge in [-0.25, -0.2) is 4.39 Å². The van der Waals surface area contributed by atoms with Gasteiger partial charge in [0.1, 0.15) is 0 Å². The molecule has 0 unspecified atom stereocenters. The van der Waals surface area contributed by atoms with Crippen LogP contribution >= 0.6 is 0 Å². The Bertz CT molecular complexity index is 581. The maximum Gasteiger partial charge on any atom is 0.165 e. The summed E-state index contributed by atoms with van der Waals surface area (Å²) in [5.74, 6) is -0.0577. The van der Waals surface area contributed by atoms with E-state index in [1.165, 1.54) is 24.3 Å². The van der Waals surface area contributed by atoms with Crippen molar-refractivity contribution in [2.24, 2.45) is 0 Å². The highest BCUT2D eigenvalue weighted by molar-refractivity contribution is 5.52. The second kappa shape index (κ2) is 5.74. The van der Waals surface area contributed by atoms with Crippen LogP contribution in [0.15, 0.2) is 36.4 Å². The first-order chi connectivity index (χ1) is 9.10. The van der Waals surface area contributed by atoms with Gasteiger partial charge in [0.05, 0.1) is 7.11 Å². The molecule has 0 spiro atoms. The molecule has 0 aliphatic rings. The van der Waals surface area contributed by atoms with E-state index in [1.807, 2.05) is 12.1 Å². The molecule has 0 aromatic heterocycles. The third-order valence-corrected chi connectivity index (χ3v) is 3.08. The van der Waals surface area contributed by atoms with E-state index in [0.29, 0.717) is 6.54 Å². The number of hydrogen-bond acceptors (Lipinski definition) is 2. The summed E-state index contributed by atoms with van der Waals surface area (Å²) in [5, 5.41) is 3.31. The minimum Gasteiger partial charge on any atom is -0.494 e. The maximum atomic E-state index is 13.6. The molecule has 0 amide bonds. The van der Waals surface area contributed by atoms with Crippen molar-refractivity contribution in [2.45, 2.75) is 20.4 Å². The number of halogens is 1. The quantitative estimate of drug-likeness (QED) is 0.894. The van der Waals surface area contributed by atoms with Crippen LogP contribution in [-0.2, 0) is 6.54 Å². The van der Waals surface area contributed by atoms with Gasteiger partial charge >= 0.3 is 0 Å². The molecule has 2 nitrogen and oxygen atoms in total. The second-order valence-corrected chi connectivity index (χ2v) is 4.64. The highest BCUT2D eigenvalue weighted by atomic mass is 19.1. The van der Waals surface area contributed by atoms with Gasteiger partial charge in [-0.05, 0) is 43.2 Å². The first-order valence-electron chi connectivity index (χ1n) is 6.23. The van der Waals surface area contributed by atoms with Crippen molar-refractivity contribution in [1.29, 1.82) is 0 Å². The highest BCUT2D eigenvalue weighted by Crippen LogP contribution is 2.20. The van der Waals surface area contributed by atoms with Crippen LogP contribution in [0.2, 0.25) is 0 Å². The zero-order chi connectivity index (χ0) is 13.8. The molecule has 3 heteroatoms. The van der Waals surface area contributed by atoms with E-state index in [9.17, 15) is 4.39 Å². The van der Waals surface area contributed by atoms with Gasteiger partial charge in [-0.3, -0.25) is 0 Å². The van der Waals surface area contributed by atoms with Crippen LogP contribution < -0.4 is 10.1 Å². The molecule has 0 bridgehead atoms. The summed E-state index contributed by atoms with van der Waals surface area (Å²) in [7, 11) is 1.46. The Kier molecular flexibility index (Phi) is 4.05. The van der Waals surface area contributed by atoms with Crippen molar-refractivity contribution >= 4 is 5.69 Å². The lowest BCUT2D eigenvalue weighted by Crippen LogP contribution is -2.02. The first-order valence-corrected chi connectivity index (χ1v) is 6.23. The predicted molar refractivity (Wildman–Crippen MR) is 76.2 cm³/mol. The Morgan fingerprint density at radius 2 is 1.89 bits per heavy atom. The third kappa shape index (κ3) is 3.25. The smallest absolute Gasteiger partial charge is 0.165 e. The number of rotatable bonds is 4. The largest absolute Gasteiger partial charge is 0.494 e. The Hall–Kier alpha value is -2.03. The standard InChI is InChI=1S/C16H18FNO/c1-11-4-6-15(12(2)8-11)18-10-13-5-7-16(19-3)14(17)9-13/h4-9,18H,10H2,1-3H3. The maximum absolute atomic E-state index is 13.6. The average molecular weight is 259 g/mol. The fourth-order valence-corrected chi connectivity index (χ4v) is 2.03. The van der Waals surface area contributed by atoms with Crippen LogP contribution in [0, 0.1) is 19.7 Å². The van der Waals surface area contributed by atoms with Crippen LogP contribution in [0.5, 0.6) is 5.75 Å². The molecule has 0 heterocycles. The van der Waals surface area contributed by atoms with Crippen molar-refractivity contribution < 1.29 is 9.13 Å². The normalized spacial score (nSPS) is 10.3. The summed E-state index contributed by atoms with van der Waals surface area (Å²) in [6, 6.07) is 11.2. The number of nitrogens with one attached hydrogen (secondary N) is 1. The van der Waals surface area contributed by atoms with E-state index in [1.54, 1.807) is 6.07 Å². The van der Waals surface area contributed by atoms with Crippen molar-refractivity contribution in [3.63, 3.8) is 0 Å². The predicted octanol–water partition coefficient (Wildman–Crippen LogP) is 4.06. The van der Waals surface area contributed by atoms with Gasteiger partial charge < -0.3 is 10.1 Å². The topological polar surface area (TPSA) is 21.3 Å². The zero-order valence-electron chi connectivity index (χ0n) is 11.5. The third-order valence-electron chi connectivity index (χ3n) is 3.08. The minimum atomic E-state index is -0.331. The lowest BCUT2D eigenvalue weighted by Gasteiger charge is -2.11. The lowest BCUT2D eigenvalue weighted by molar-refractivity contribution is 0.386. The first kappa shape index (κ1) is 13.4. The van der Waals surface area contributed by atoms with E-state index < -0.39 is 0 Å². The van der Waals surface area contributed by atoms with Gasteiger partial charge in [-0.2, -0.15) is 0 Å². The molecular weight excluding hydrogens is 241 g/mol. The van der Waals surface area contributed by atoms with Crippen molar-refractivity contribution in [3.8, 4) is 5.75 Å². The summed E-state index contributed by atoms with van der Waals surface area (Å²) < 4.78 is 18.5. The van der Waals surface area contributed by atoms with Gasteiger partial charge in [0, 0.05) is 12.2 Å². The Morgan fingerprint density at radius 1 is 1.11 bits per heavy atom. The van der Waals surface area contributed by atoms with E-state index in [-0.39, 0.29) is 11.6 Å².